The summed E-state index contributed by atoms with van der Waals surface area (Å²) in [6, 6.07) is -0.311. The number of piperidine rings is 1. The average molecular weight is 212 g/mol. The molecule has 2 atom stereocenters. The molecule has 5 heteroatoms. The zero-order valence-electron chi connectivity index (χ0n) is 8.53. The summed E-state index contributed by atoms with van der Waals surface area (Å²) >= 11 is 0. The molecule has 1 heterocycles. The zero-order chi connectivity index (χ0) is 10.8. The van der Waals surface area contributed by atoms with E-state index in [1.807, 2.05) is 0 Å². The van der Waals surface area contributed by atoms with Crippen molar-refractivity contribution < 1.29 is 14.7 Å². The minimum atomic E-state index is -0.769. The van der Waals surface area contributed by atoms with E-state index in [0.29, 0.717) is 18.9 Å². The average Bonchev–Trinajstić information content (AvgIpc) is 3.00. The smallest absolute Gasteiger partial charge is 0.320 e. The maximum atomic E-state index is 11.0. The second kappa shape index (κ2) is 4.18. The fraction of sp³-hybridized carbons (Fsp3) is 0.800. The Morgan fingerprint density at radius 2 is 2.20 bits per heavy atom. The van der Waals surface area contributed by atoms with Gasteiger partial charge in [-0.15, -0.1) is 0 Å². The first kappa shape index (κ1) is 10.4. The normalized spacial score (nSPS) is 28.3. The minimum Gasteiger partial charge on any atom is -0.480 e. The number of carboxylic acid groups (broad SMARTS) is 1. The lowest BCUT2D eigenvalue weighted by atomic mass is 10.0. The van der Waals surface area contributed by atoms with Crippen LogP contribution in [0.2, 0.25) is 0 Å². The molecule has 2 fully saturated rings. The Bertz CT molecular complexity index is 266. The van der Waals surface area contributed by atoms with Gasteiger partial charge in [0.25, 0.3) is 0 Å². The standard InChI is InChI=1S/C10H16N2O3/c13-8-4-3-7(5-11-8)12-9(10(14)15)6-1-2-6/h6-7,9,12H,1-5H2,(H,11,13)(H,14,15). The number of nitrogens with one attached hydrogen (secondary N) is 2. The van der Waals surface area contributed by atoms with Gasteiger partial charge in [0.1, 0.15) is 6.04 Å². The van der Waals surface area contributed by atoms with Crippen molar-refractivity contribution in [1.29, 1.82) is 0 Å². The van der Waals surface area contributed by atoms with E-state index in [2.05, 4.69) is 10.6 Å². The molecule has 1 saturated carbocycles. The Kier molecular flexibility index (Phi) is 2.90. The highest BCUT2D eigenvalue weighted by molar-refractivity contribution is 5.77. The van der Waals surface area contributed by atoms with Gasteiger partial charge in [0.2, 0.25) is 5.91 Å². The summed E-state index contributed by atoms with van der Waals surface area (Å²) in [5, 5.41) is 14.9. The molecule has 1 aliphatic heterocycles. The monoisotopic (exact) mass is 212 g/mol. The molecule has 2 aliphatic rings. The molecule has 3 N–H and O–H groups in total. The summed E-state index contributed by atoms with van der Waals surface area (Å²) in [4.78, 5) is 21.9. The van der Waals surface area contributed by atoms with Crippen LogP contribution in [0.15, 0.2) is 0 Å². The number of aliphatic carboxylic acids is 1. The molecule has 0 aromatic rings. The quantitative estimate of drug-likeness (QED) is 0.599. The van der Waals surface area contributed by atoms with Crippen molar-refractivity contribution in [3.8, 4) is 0 Å². The maximum Gasteiger partial charge on any atom is 0.320 e. The Morgan fingerprint density at radius 1 is 1.47 bits per heavy atom. The van der Waals surface area contributed by atoms with Crippen LogP contribution in [0, 0.1) is 5.92 Å². The van der Waals surface area contributed by atoms with Gasteiger partial charge < -0.3 is 10.4 Å². The molecule has 0 aromatic carbocycles. The lowest BCUT2D eigenvalue weighted by molar-refractivity contribution is -0.140. The molecule has 1 aliphatic carbocycles. The molecule has 5 nitrogen and oxygen atoms in total. The van der Waals surface area contributed by atoms with Crippen molar-refractivity contribution in [3.05, 3.63) is 0 Å². The number of rotatable bonds is 4. The molecule has 0 aromatic heterocycles. The highest BCUT2D eigenvalue weighted by atomic mass is 16.4. The second-order valence-corrected chi connectivity index (χ2v) is 4.36. The van der Waals surface area contributed by atoms with E-state index in [1.165, 1.54) is 0 Å². The number of carbonyl (C=O) groups is 2. The second-order valence-electron chi connectivity index (χ2n) is 4.36. The van der Waals surface area contributed by atoms with Crippen LogP contribution >= 0.6 is 0 Å². The Labute approximate surface area is 88.2 Å². The minimum absolute atomic E-state index is 0.0614. The van der Waals surface area contributed by atoms with Gasteiger partial charge in [-0.1, -0.05) is 0 Å². The summed E-state index contributed by atoms with van der Waals surface area (Å²) in [7, 11) is 0. The van der Waals surface area contributed by atoms with Crippen LogP contribution in [0.1, 0.15) is 25.7 Å². The van der Waals surface area contributed by atoms with E-state index >= 15 is 0 Å². The third-order valence-corrected chi connectivity index (χ3v) is 3.04. The summed E-state index contributed by atoms with van der Waals surface area (Å²) in [6.45, 7) is 0.551. The van der Waals surface area contributed by atoms with Gasteiger partial charge in [-0.3, -0.25) is 14.9 Å². The van der Waals surface area contributed by atoms with Crippen molar-refractivity contribution in [2.45, 2.75) is 37.8 Å². The van der Waals surface area contributed by atoms with Crippen LogP contribution < -0.4 is 10.6 Å². The van der Waals surface area contributed by atoms with Crippen LogP contribution in [0.25, 0.3) is 0 Å². The number of hydrogen-bond donors (Lipinski definition) is 3. The van der Waals surface area contributed by atoms with Crippen molar-refractivity contribution in [2.75, 3.05) is 6.54 Å². The van der Waals surface area contributed by atoms with Gasteiger partial charge in [0.15, 0.2) is 0 Å². The molecule has 0 spiro atoms. The number of amides is 1. The topological polar surface area (TPSA) is 78.4 Å². The van der Waals surface area contributed by atoms with E-state index in [4.69, 9.17) is 5.11 Å². The third-order valence-electron chi connectivity index (χ3n) is 3.04. The van der Waals surface area contributed by atoms with Gasteiger partial charge in [0.05, 0.1) is 0 Å². The first-order valence-corrected chi connectivity index (χ1v) is 5.42. The highest BCUT2D eigenvalue weighted by Crippen LogP contribution is 2.33. The van der Waals surface area contributed by atoms with Crippen molar-refractivity contribution >= 4 is 11.9 Å². The third kappa shape index (κ3) is 2.68. The Morgan fingerprint density at radius 3 is 2.67 bits per heavy atom. The fourth-order valence-electron chi connectivity index (χ4n) is 1.97. The first-order chi connectivity index (χ1) is 7.16. The summed E-state index contributed by atoms with van der Waals surface area (Å²) in [5.74, 6) is -0.416. The summed E-state index contributed by atoms with van der Waals surface area (Å²) in [6.07, 6.45) is 3.24. The zero-order valence-corrected chi connectivity index (χ0v) is 8.53. The molecular formula is C10H16N2O3. The molecule has 1 amide bonds. The molecule has 1 saturated heterocycles. The fourth-order valence-corrected chi connectivity index (χ4v) is 1.97. The van der Waals surface area contributed by atoms with Crippen molar-refractivity contribution in [3.63, 3.8) is 0 Å². The van der Waals surface area contributed by atoms with Crippen LogP contribution in [0.5, 0.6) is 0 Å². The lowest BCUT2D eigenvalue weighted by Crippen LogP contribution is -2.52. The van der Waals surface area contributed by atoms with E-state index < -0.39 is 12.0 Å². The van der Waals surface area contributed by atoms with Gasteiger partial charge >= 0.3 is 5.97 Å². The van der Waals surface area contributed by atoms with E-state index in [9.17, 15) is 9.59 Å². The first-order valence-electron chi connectivity index (χ1n) is 5.42. The summed E-state index contributed by atoms with van der Waals surface area (Å²) in [5.41, 5.74) is 0. The molecule has 0 bridgehead atoms. The largest absolute Gasteiger partial charge is 0.480 e. The van der Waals surface area contributed by atoms with Gasteiger partial charge in [-0.05, 0) is 25.2 Å². The van der Waals surface area contributed by atoms with E-state index in [-0.39, 0.29) is 11.9 Å². The lowest BCUT2D eigenvalue weighted by Gasteiger charge is -2.26. The highest BCUT2D eigenvalue weighted by Gasteiger charge is 2.37. The van der Waals surface area contributed by atoms with Crippen LogP contribution in [-0.2, 0) is 9.59 Å². The molecule has 2 unspecified atom stereocenters. The van der Waals surface area contributed by atoms with E-state index in [1.54, 1.807) is 0 Å². The van der Waals surface area contributed by atoms with E-state index in [0.717, 1.165) is 19.3 Å². The number of carboxylic acids is 1. The SMILES string of the molecule is O=C1CCC(NC(C(=O)O)C2CC2)CN1. The van der Waals surface area contributed by atoms with Gasteiger partial charge in [-0.2, -0.15) is 0 Å². The summed E-state index contributed by atoms with van der Waals surface area (Å²) < 4.78 is 0. The van der Waals surface area contributed by atoms with Crippen LogP contribution in [0.4, 0.5) is 0 Å². The maximum absolute atomic E-state index is 11.0. The predicted molar refractivity (Wildman–Crippen MR) is 53.3 cm³/mol. The van der Waals surface area contributed by atoms with Crippen molar-refractivity contribution in [1.82, 2.24) is 10.6 Å². The van der Waals surface area contributed by atoms with Crippen molar-refractivity contribution in [2.24, 2.45) is 5.92 Å². The Hall–Kier alpha value is -1.10. The Balaban J connectivity index is 1.83. The van der Waals surface area contributed by atoms with Crippen LogP contribution in [-0.4, -0.2) is 35.6 Å². The number of carbonyl (C=O) groups excluding carboxylic acids is 1. The van der Waals surface area contributed by atoms with Gasteiger partial charge in [0, 0.05) is 19.0 Å². The molecule has 0 radical (unpaired) electrons. The van der Waals surface area contributed by atoms with Gasteiger partial charge in [-0.25, -0.2) is 0 Å². The predicted octanol–water partition coefficient (Wildman–Crippen LogP) is -0.282. The molecular weight excluding hydrogens is 196 g/mol. The molecule has 2 rings (SSSR count). The molecule has 84 valence electrons. The molecule has 15 heavy (non-hydrogen) atoms. The number of hydrogen-bond acceptors (Lipinski definition) is 3. The van der Waals surface area contributed by atoms with Crippen LogP contribution in [0.3, 0.4) is 0 Å².